The molecule has 5 nitrogen and oxygen atoms in total. The number of benzene rings is 1. The third-order valence-electron chi connectivity index (χ3n) is 2.62. The Kier molecular flexibility index (Phi) is 3.39. The van der Waals surface area contributed by atoms with E-state index in [0.29, 0.717) is 5.76 Å². The van der Waals surface area contributed by atoms with Gasteiger partial charge in [-0.15, -0.1) is 0 Å². The predicted molar refractivity (Wildman–Crippen MR) is 65.0 cm³/mol. The van der Waals surface area contributed by atoms with Gasteiger partial charge in [0.05, 0.1) is 23.1 Å². The van der Waals surface area contributed by atoms with Crippen LogP contribution < -0.4 is 11.1 Å². The van der Waals surface area contributed by atoms with E-state index in [1.165, 1.54) is 13.1 Å². The van der Waals surface area contributed by atoms with Crippen LogP contribution in [-0.2, 0) is 6.18 Å². The normalized spacial score (nSPS) is 11.4. The van der Waals surface area contributed by atoms with Gasteiger partial charge >= 0.3 is 6.18 Å². The first-order valence-electron chi connectivity index (χ1n) is 5.48. The number of nitrogens with one attached hydrogen (secondary N) is 1. The third-order valence-corrected chi connectivity index (χ3v) is 2.62. The van der Waals surface area contributed by atoms with Crippen molar-refractivity contribution in [2.24, 2.45) is 0 Å². The summed E-state index contributed by atoms with van der Waals surface area (Å²) in [7, 11) is 0. The van der Waals surface area contributed by atoms with Crippen LogP contribution in [0.1, 0.15) is 21.7 Å². The molecule has 0 bridgehead atoms. The number of amides is 1. The Balaban J connectivity index is 2.23. The molecule has 1 aromatic carbocycles. The lowest BCUT2D eigenvalue weighted by atomic mass is 10.1. The zero-order chi connectivity index (χ0) is 14.9. The summed E-state index contributed by atoms with van der Waals surface area (Å²) in [5.41, 5.74) is 4.72. The Morgan fingerprint density at radius 1 is 1.40 bits per heavy atom. The third kappa shape index (κ3) is 2.73. The number of halogens is 3. The number of carbonyl (C=O) groups is 1. The number of aryl methyl sites for hydroxylation is 1. The Labute approximate surface area is 111 Å². The van der Waals surface area contributed by atoms with Gasteiger partial charge in [0, 0.05) is 0 Å². The van der Waals surface area contributed by atoms with E-state index in [1.807, 2.05) is 0 Å². The molecule has 106 valence electrons. The second-order valence-electron chi connectivity index (χ2n) is 4.05. The van der Waals surface area contributed by atoms with Gasteiger partial charge < -0.3 is 15.6 Å². The summed E-state index contributed by atoms with van der Waals surface area (Å²) in [5.74, 6) is -0.261. The molecule has 0 fully saturated rings. The number of rotatable bonds is 2. The number of hydrogen-bond donors (Lipinski definition) is 2. The molecule has 0 aliphatic heterocycles. The molecule has 0 aliphatic carbocycles. The minimum absolute atomic E-state index is 0.0867. The number of anilines is 2. The van der Waals surface area contributed by atoms with E-state index in [2.05, 4.69) is 10.5 Å². The van der Waals surface area contributed by atoms with Gasteiger partial charge in [0.15, 0.2) is 0 Å². The summed E-state index contributed by atoms with van der Waals surface area (Å²) in [4.78, 5) is 11.8. The number of carbonyl (C=O) groups excluding carboxylic acids is 1. The first kappa shape index (κ1) is 13.9. The van der Waals surface area contributed by atoms with E-state index in [1.54, 1.807) is 0 Å². The Morgan fingerprint density at radius 2 is 2.10 bits per heavy atom. The number of nitrogens with two attached hydrogens (primary N) is 1. The lowest BCUT2D eigenvalue weighted by Gasteiger charge is -2.11. The lowest BCUT2D eigenvalue weighted by Crippen LogP contribution is -2.14. The van der Waals surface area contributed by atoms with Crippen molar-refractivity contribution < 1.29 is 22.5 Å². The molecule has 20 heavy (non-hydrogen) atoms. The standard InChI is InChI=1S/C12H10F3N3O2/c1-6-8(5-17-20-6)11(19)18-10-3-2-7(4-9(10)16)12(13,14)15/h2-5H,16H2,1H3,(H,18,19). The fourth-order valence-corrected chi connectivity index (χ4v) is 1.56. The number of nitrogen functional groups attached to an aromatic ring is 1. The van der Waals surface area contributed by atoms with E-state index >= 15 is 0 Å². The van der Waals surface area contributed by atoms with Gasteiger partial charge in [0.1, 0.15) is 11.3 Å². The topological polar surface area (TPSA) is 81.2 Å². The Hall–Kier alpha value is -2.51. The zero-order valence-electron chi connectivity index (χ0n) is 10.3. The molecule has 0 saturated carbocycles. The minimum Gasteiger partial charge on any atom is -0.397 e. The molecule has 0 atom stereocenters. The summed E-state index contributed by atoms with van der Waals surface area (Å²) in [6, 6.07) is 2.70. The number of alkyl halides is 3. The second kappa shape index (κ2) is 4.87. The monoisotopic (exact) mass is 285 g/mol. The van der Waals surface area contributed by atoms with Gasteiger partial charge in [0.2, 0.25) is 0 Å². The highest BCUT2D eigenvalue weighted by Gasteiger charge is 2.31. The van der Waals surface area contributed by atoms with E-state index < -0.39 is 17.6 Å². The van der Waals surface area contributed by atoms with Crippen molar-refractivity contribution in [3.63, 3.8) is 0 Å². The molecule has 0 spiro atoms. The largest absolute Gasteiger partial charge is 0.416 e. The van der Waals surface area contributed by atoms with Crippen LogP contribution in [-0.4, -0.2) is 11.1 Å². The predicted octanol–water partition coefficient (Wildman–Crippen LogP) is 2.84. The zero-order valence-corrected chi connectivity index (χ0v) is 10.3. The van der Waals surface area contributed by atoms with Gasteiger partial charge in [-0.1, -0.05) is 5.16 Å². The summed E-state index contributed by atoms with van der Waals surface area (Å²) in [6.07, 6.45) is -3.27. The van der Waals surface area contributed by atoms with Crippen LogP contribution in [0.15, 0.2) is 28.9 Å². The van der Waals surface area contributed by atoms with Gasteiger partial charge in [0.25, 0.3) is 5.91 Å². The summed E-state index contributed by atoms with van der Waals surface area (Å²) in [5, 5.41) is 5.84. The van der Waals surface area contributed by atoms with Crippen LogP contribution in [0, 0.1) is 6.92 Å². The second-order valence-corrected chi connectivity index (χ2v) is 4.05. The first-order valence-corrected chi connectivity index (χ1v) is 5.48. The highest BCUT2D eigenvalue weighted by molar-refractivity contribution is 6.06. The minimum atomic E-state index is -4.48. The quantitative estimate of drug-likeness (QED) is 0.831. The highest BCUT2D eigenvalue weighted by atomic mass is 19.4. The summed E-state index contributed by atoms with van der Waals surface area (Å²) >= 11 is 0. The molecule has 0 radical (unpaired) electrons. The molecule has 2 rings (SSSR count). The van der Waals surface area contributed by atoms with Crippen molar-refractivity contribution in [2.75, 3.05) is 11.1 Å². The molecular formula is C12H10F3N3O2. The van der Waals surface area contributed by atoms with Crippen molar-refractivity contribution >= 4 is 17.3 Å². The maximum absolute atomic E-state index is 12.5. The van der Waals surface area contributed by atoms with Crippen LogP contribution >= 0.6 is 0 Å². The summed E-state index contributed by atoms with van der Waals surface area (Å²) in [6.45, 7) is 1.54. The van der Waals surface area contributed by atoms with E-state index in [-0.39, 0.29) is 16.9 Å². The van der Waals surface area contributed by atoms with Crippen molar-refractivity contribution in [1.29, 1.82) is 0 Å². The fraction of sp³-hybridized carbons (Fsp3) is 0.167. The van der Waals surface area contributed by atoms with Crippen molar-refractivity contribution in [3.8, 4) is 0 Å². The van der Waals surface area contributed by atoms with Crippen molar-refractivity contribution in [2.45, 2.75) is 13.1 Å². The molecule has 0 aliphatic rings. The molecule has 0 unspecified atom stereocenters. The molecule has 1 aromatic heterocycles. The molecule has 8 heteroatoms. The van der Waals surface area contributed by atoms with Gasteiger partial charge in [-0.2, -0.15) is 13.2 Å². The van der Waals surface area contributed by atoms with E-state index in [4.69, 9.17) is 10.3 Å². The molecule has 0 saturated heterocycles. The molecule has 1 amide bonds. The lowest BCUT2D eigenvalue weighted by molar-refractivity contribution is -0.137. The Morgan fingerprint density at radius 3 is 2.60 bits per heavy atom. The molecule has 1 heterocycles. The fourth-order valence-electron chi connectivity index (χ4n) is 1.56. The van der Waals surface area contributed by atoms with Crippen molar-refractivity contribution in [3.05, 3.63) is 41.3 Å². The van der Waals surface area contributed by atoms with Crippen LogP contribution in [0.4, 0.5) is 24.5 Å². The SMILES string of the molecule is Cc1oncc1C(=O)Nc1ccc(C(F)(F)F)cc1N. The molecule has 3 N–H and O–H groups in total. The average molecular weight is 285 g/mol. The number of nitrogens with zero attached hydrogens (tertiary/aromatic N) is 1. The summed E-state index contributed by atoms with van der Waals surface area (Å²) < 4.78 is 42.2. The molecule has 2 aromatic rings. The van der Waals surface area contributed by atoms with E-state index in [0.717, 1.165) is 18.2 Å². The molecular weight excluding hydrogens is 275 g/mol. The highest BCUT2D eigenvalue weighted by Crippen LogP contribution is 2.32. The van der Waals surface area contributed by atoms with Crippen LogP contribution in [0.25, 0.3) is 0 Å². The van der Waals surface area contributed by atoms with Crippen LogP contribution in [0.5, 0.6) is 0 Å². The number of aromatic nitrogens is 1. The van der Waals surface area contributed by atoms with Gasteiger partial charge in [-0.05, 0) is 25.1 Å². The van der Waals surface area contributed by atoms with Crippen LogP contribution in [0.3, 0.4) is 0 Å². The van der Waals surface area contributed by atoms with Gasteiger partial charge in [-0.3, -0.25) is 4.79 Å². The average Bonchev–Trinajstić information content (AvgIpc) is 2.76. The van der Waals surface area contributed by atoms with Gasteiger partial charge in [-0.25, -0.2) is 0 Å². The van der Waals surface area contributed by atoms with E-state index in [9.17, 15) is 18.0 Å². The Bertz CT molecular complexity index is 650. The van der Waals surface area contributed by atoms with Crippen LogP contribution in [0.2, 0.25) is 0 Å². The maximum Gasteiger partial charge on any atom is 0.416 e. The van der Waals surface area contributed by atoms with Crippen molar-refractivity contribution in [1.82, 2.24) is 5.16 Å². The maximum atomic E-state index is 12.5. The smallest absolute Gasteiger partial charge is 0.397 e. The first-order chi connectivity index (χ1) is 9.29. The number of hydrogen-bond acceptors (Lipinski definition) is 4.